The SMILES string of the molecule is CN=C(C)c1ccc(NC(=O)[C@H](Cc2cccc(-c3ccc(C(=O)N4CCN(C)CC4)cc3)c2)NC(=O)C2CCC(CNC(=O)I)CC2)cc1. The molecule has 1 heterocycles. The number of benzene rings is 3. The number of carbonyl (C=O) groups is 4. The Labute approximate surface area is 308 Å². The number of nitrogens with one attached hydrogen (secondary N) is 3. The maximum atomic E-state index is 13.8. The largest absolute Gasteiger partial charge is 0.347 e. The number of amides is 4. The number of halogens is 1. The van der Waals surface area contributed by atoms with Crippen molar-refractivity contribution < 1.29 is 19.2 Å². The number of hydrogen-bond donors (Lipinski definition) is 3. The highest BCUT2D eigenvalue weighted by Gasteiger charge is 2.30. The molecule has 11 heteroatoms. The van der Waals surface area contributed by atoms with Crippen molar-refractivity contribution in [3.05, 3.63) is 89.5 Å². The van der Waals surface area contributed by atoms with Gasteiger partial charge in [-0.25, -0.2) is 0 Å². The monoisotopic (exact) mass is 790 g/mol. The van der Waals surface area contributed by atoms with Crippen molar-refractivity contribution in [1.29, 1.82) is 0 Å². The van der Waals surface area contributed by atoms with E-state index in [2.05, 4.69) is 32.9 Å². The molecule has 5 rings (SSSR count). The van der Waals surface area contributed by atoms with Gasteiger partial charge in [-0.15, -0.1) is 0 Å². The van der Waals surface area contributed by atoms with E-state index in [9.17, 15) is 19.2 Å². The third-order valence-corrected chi connectivity index (χ3v) is 10.3. The average Bonchev–Trinajstić information content (AvgIpc) is 3.14. The molecule has 0 radical (unpaired) electrons. The van der Waals surface area contributed by atoms with Crippen molar-refractivity contribution in [2.75, 3.05) is 52.1 Å². The van der Waals surface area contributed by atoms with Gasteiger partial charge in [-0.3, -0.25) is 24.2 Å². The Morgan fingerprint density at radius 2 is 1.52 bits per heavy atom. The molecule has 0 bridgehead atoms. The first-order chi connectivity index (χ1) is 24.1. The summed E-state index contributed by atoms with van der Waals surface area (Å²) in [7, 11) is 3.81. The van der Waals surface area contributed by atoms with Gasteiger partial charge in [0.25, 0.3) is 9.82 Å². The lowest BCUT2D eigenvalue weighted by Gasteiger charge is -2.32. The minimum absolute atomic E-state index is 0.0483. The molecule has 1 saturated carbocycles. The standard InChI is InChI=1S/C39H47IN6O4/c1-26(41-2)29-15-17-34(18-16-29)43-37(48)35(44-36(47)31-9-7-27(8-10-31)25-42-39(40)50)24-28-5-4-6-33(23-28)30-11-13-32(14-12-30)38(49)46-21-19-45(3)20-22-46/h4-6,11-18,23,27,31,35H,7-10,19-22,24-25H2,1-3H3,(H,42,50)(H,43,48)(H,44,47)/t27?,31?,35-/m0/s1. The van der Waals surface area contributed by atoms with Crippen LogP contribution in [0.4, 0.5) is 10.5 Å². The molecule has 4 amide bonds. The third-order valence-electron chi connectivity index (χ3n) is 9.91. The van der Waals surface area contributed by atoms with Crippen LogP contribution in [0.15, 0.2) is 77.8 Å². The van der Waals surface area contributed by atoms with Gasteiger partial charge in [-0.1, -0.05) is 48.5 Å². The van der Waals surface area contributed by atoms with Gasteiger partial charge in [0.05, 0.1) is 0 Å². The molecule has 3 aromatic carbocycles. The average molecular weight is 791 g/mol. The van der Waals surface area contributed by atoms with Crippen molar-refractivity contribution in [3.8, 4) is 11.1 Å². The van der Waals surface area contributed by atoms with E-state index >= 15 is 0 Å². The fraction of sp³-hybridized carbons (Fsp3) is 0.410. The summed E-state index contributed by atoms with van der Waals surface area (Å²) in [6, 6.07) is 22.4. The maximum Gasteiger partial charge on any atom is 0.280 e. The zero-order valence-electron chi connectivity index (χ0n) is 29.1. The second-order valence-electron chi connectivity index (χ2n) is 13.4. The molecule has 1 aliphatic heterocycles. The van der Waals surface area contributed by atoms with Crippen LogP contribution in [0.25, 0.3) is 11.1 Å². The third kappa shape index (κ3) is 10.2. The van der Waals surface area contributed by atoms with Crippen molar-refractivity contribution in [2.45, 2.75) is 45.1 Å². The number of rotatable bonds is 11. The highest BCUT2D eigenvalue weighted by Crippen LogP contribution is 2.29. The molecule has 2 fully saturated rings. The van der Waals surface area contributed by atoms with Gasteiger partial charge in [0.2, 0.25) is 11.8 Å². The molecule has 2 aliphatic rings. The summed E-state index contributed by atoms with van der Waals surface area (Å²) >= 11 is 1.74. The van der Waals surface area contributed by atoms with E-state index in [1.54, 1.807) is 29.6 Å². The van der Waals surface area contributed by atoms with Crippen LogP contribution in [-0.4, -0.2) is 90.0 Å². The lowest BCUT2D eigenvalue weighted by molar-refractivity contribution is -0.130. The second-order valence-corrected chi connectivity index (χ2v) is 14.4. The van der Waals surface area contributed by atoms with Gasteiger partial charge < -0.3 is 25.8 Å². The topological polar surface area (TPSA) is 123 Å². The Balaban J connectivity index is 1.29. The zero-order chi connectivity index (χ0) is 35.6. The lowest BCUT2D eigenvalue weighted by atomic mass is 9.81. The molecule has 264 valence electrons. The van der Waals surface area contributed by atoms with Gasteiger partial charge in [0.1, 0.15) is 6.04 Å². The fourth-order valence-electron chi connectivity index (χ4n) is 6.62. The minimum Gasteiger partial charge on any atom is -0.347 e. The molecule has 1 aliphatic carbocycles. The molecule has 50 heavy (non-hydrogen) atoms. The summed E-state index contributed by atoms with van der Waals surface area (Å²) in [6.07, 6.45) is 3.43. The molecule has 0 spiro atoms. The van der Waals surface area contributed by atoms with Crippen LogP contribution in [0, 0.1) is 11.8 Å². The fourth-order valence-corrected chi connectivity index (χ4v) is 6.84. The van der Waals surface area contributed by atoms with Crippen molar-refractivity contribution in [3.63, 3.8) is 0 Å². The summed E-state index contributed by atoms with van der Waals surface area (Å²) in [5.74, 6) is -0.202. The second kappa shape index (κ2) is 17.7. The van der Waals surface area contributed by atoms with Crippen LogP contribution in [-0.2, 0) is 16.0 Å². The van der Waals surface area contributed by atoms with Crippen molar-refractivity contribution in [1.82, 2.24) is 20.4 Å². The van der Waals surface area contributed by atoms with E-state index < -0.39 is 6.04 Å². The Bertz CT molecular complexity index is 1680. The number of likely N-dealkylation sites (N-methyl/N-ethyl adjacent to an activating group) is 1. The molecule has 3 N–H and O–H groups in total. The molecule has 0 unspecified atom stereocenters. The van der Waals surface area contributed by atoms with E-state index in [-0.39, 0.29) is 27.6 Å². The summed E-state index contributed by atoms with van der Waals surface area (Å²) in [5.41, 5.74) is 6.01. The normalized spacial score (nSPS) is 19.0. The number of hydrogen-bond acceptors (Lipinski definition) is 6. The maximum absolute atomic E-state index is 13.8. The first kappa shape index (κ1) is 37.2. The molecule has 0 aromatic heterocycles. The van der Waals surface area contributed by atoms with Crippen molar-refractivity contribution in [2.24, 2.45) is 16.8 Å². The predicted octanol–water partition coefficient (Wildman–Crippen LogP) is 5.80. The Kier molecular flexibility index (Phi) is 13.2. The molecular weight excluding hydrogens is 743 g/mol. The van der Waals surface area contributed by atoms with Crippen LogP contribution >= 0.6 is 22.6 Å². The van der Waals surface area contributed by atoms with Gasteiger partial charge >= 0.3 is 0 Å². The summed E-state index contributed by atoms with van der Waals surface area (Å²) in [6.45, 7) is 5.75. The first-order valence-corrected chi connectivity index (χ1v) is 18.4. The van der Waals surface area contributed by atoms with Crippen LogP contribution in [0.2, 0.25) is 0 Å². The summed E-state index contributed by atoms with van der Waals surface area (Å²) in [5, 5.41) is 8.97. The highest BCUT2D eigenvalue weighted by molar-refractivity contribution is 14.1. The smallest absolute Gasteiger partial charge is 0.280 e. The summed E-state index contributed by atoms with van der Waals surface area (Å²) in [4.78, 5) is 60.1. The van der Waals surface area contributed by atoms with Crippen molar-refractivity contribution >= 4 is 55.6 Å². The number of nitrogens with zero attached hydrogens (tertiary/aromatic N) is 3. The number of carbonyl (C=O) groups excluding carboxylic acids is 4. The van der Waals surface area contributed by atoms with Crippen LogP contribution in [0.1, 0.15) is 54.1 Å². The van der Waals surface area contributed by atoms with Gasteiger partial charge in [0.15, 0.2) is 0 Å². The first-order valence-electron chi connectivity index (χ1n) is 17.3. The van der Waals surface area contributed by atoms with E-state index in [4.69, 9.17) is 0 Å². The number of aliphatic imine (C=N–C) groups is 1. The van der Waals surface area contributed by atoms with Gasteiger partial charge in [-0.05, 0) is 92.1 Å². The summed E-state index contributed by atoms with van der Waals surface area (Å²) < 4.78 is -0.0722. The Morgan fingerprint density at radius 3 is 2.16 bits per heavy atom. The quantitative estimate of drug-likeness (QED) is 0.0982. The van der Waals surface area contributed by atoms with E-state index in [1.165, 1.54) is 0 Å². The molecule has 1 saturated heterocycles. The zero-order valence-corrected chi connectivity index (χ0v) is 31.2. The lowest BCUT2D eigenvalue weighted by Crippen LogP contribution is -2.48. The molecule has 10 nitrogen and oxygen atoms in total. The van der Waals surface area contributed by atoms with E-state index in [1.807, 2.05) is 84.6 Å². The van der Waals surface area contributed by atoms with Crippen LogP contribution in [0.5, 0.6) is 0 Å². The predicted molar refractivity (Wildman–Crippen MR) is 207 cm³/mol. The van der Waals surface area contributed by atoms with Gasteiger partial charge in [-0.2, -0.15) is 0 Å². The number of anilines is 1. The molecule has 3 aromatic rings. The minimum atomic E-state index is -0.795. The van der Waals surface area contributed by atoms with E-state index in [0.29, 0.717) is 43.0 Å². The molecule has 1 atom stereocenters. The Morgan fingerprint density at radius 1 is 0.860 bits per heavy atom. The van der Waals surface area contributed by atoms with Crippen LogP contribution < -0.4 is 16.0 Å². The van der Waals surface area contributed by atoms with Crippen LogP contribution in [0.3, 0.4) is 0 Å². The number of piperazine rings is 1. The van der Waals surface area contributed by atoms with E-state index in [0.717, 1.165) is 67.0 Å². The van der Waals surface area contributed by atoms with Gasteiger partial charge in [0, 0.05) is 91.7 Å². The highest BCUT2D eigenvalue weighted by atomic mass is 127. The Hall–Kier alpha value is -4.10. The molecular formula is C39H47IN6O4.